The van der Waals surface area contributed by atoms with Crippen molar-refractivity contribution in [1.29, 1.82) is 0 Å². The van der Waals surface area contributed by atoms with Crippen molar-refractivity contribution in [2.75, 3.05) is 32.4 Å². The van der Waals surface area contributed by atoms with E-state index >= 15 is 0 Å². The van der Waals surface area contributed by atoms with Crippen LogP contribution < -0.4 is 19.5 Å². The van der Waals surface area contributed by atoms with Crippen molar-refractivity contribution < 1.29 is 27.8 Å². The first-order valence-corrected chi connectivity index (χ1v) is 11.1. The number of nitrogens with one attached hydrogen (secondary N) is 1. The Hall–Kier alpha value is -4.19. The number of aromatic nitrogens is 4. The van der Waals surface area contributed by atoms with Crippen LogP contribution in [0.4, 0.5) is 10.3 Å². The first-order chi connectivity index (χ1) is 17.0. The summed E-state index contributed by atoms with van der Waals surface area (Å²) in [6, 6.07) is 10.9. The maximum absolute atomic E-state index is 13.1. The van der Waals surface area contributed by atoms with Gasteiger partial charge in [-0.15, -0.1) is 10.2 Å². The molecule has 2 heterocycles. The summed E-state index contributed by atoms with van der Waals surface area (Å²) in [6.45, 7) is 0. The van der Waals surface area contributed by atoms with Gasteiger partial charge < -0.3 is 18.6 Å². The summed E-state index contributed by atoms with van der Waals surface area (Å²) < 4.78 is 34.8. The summed E-state index contributed by atoms with van der Waals surface area (Å²) in [5.74, 6) is 0.953. The third-order valence-electron chi connectivity index (χ3n) is 4.69. The molecule has 2 aromatic carbocycles. The number of rotatable bonds is 9. The first kappa shape index (κ1) is 24.0. The van der Waals surface area contributed by atoms with Crippen LogP contribution >= 0.6 is 11.8 Å². The molecule has 0 aliphatic carbocycles. The van der Waals surface area contributed by atoms with Crippen LogP contribution in [0.25, 0.3) is 22.7 Å². The maximum Gasteiger partial charge on any atom is 0.277 e. The fourth-order valence-electron chi connectivity index (χ4n) is 3.08. The zero-order chi connectivity index (χ0) is 24.8. The van der Waals surface area contributed by atoms with Gasteiger partial charge in [-0.3, -0.25) is 10.1 Å². The highest BCUT2D eigenvalue weighted by Gasteiger charge is 2.18. The molecule has 0 fully saturated rings. The minimum atomic E-state index is -0.362. The van der Waals surface area contributed by atoms with E-state index in [1.165, 1.54) is 39.7 Å². The number of thioether (sulfide) groups is 1. The number of anilines is 1. The molecule has 0 radical (unpaired) electrons. The highest BCUT2D eigenvalue weighted by molar-refractivity contribution is 7.99. The normalized spacial score (nSPS) is 10.6. The lowest BCUT2D eigenvalue weighted by Crippen LogP contribution is -2.16. The number of hydrogen-bond donors (Lipinski definition) is 1. The molecule has 4 rings (SSSR count). The monoisotopic (exact) mass is 497 g/mol. The van der Waals surface area contributed by atoms with E-state index in [1.54, 1.807) is 30.3 Å². The van der Waals surface area contributed by atoms with Crippen LogP contribution in [0.3, 0.4) is 0 Å². The van der Waals surface area contributed by atoms with Crippen LogP contribution in [0.1, 0.15) is 0 Å². The Labute approximate surface area is 203 Å². The molecule has 0 aliphatic rings. The molecule has 180 valence electrons. The van der Waals surface area contributed by atoms with Gasteiger partial charge in [-0.05, 0) is 42.5 Å². The van der Waals surface area contributed by atoms with Crippen molar-refractivity contribution in [1.82, 2.24) is 20.2 Å². The Morgan fingerprint density at radius 3 is 2.37 bits per heavy atom. The third-order valence-corrected chi connectivity index (χ3v) is 5.51. The molecular weight excluding hydrogens is 477 g/mol. The highest BCUT2D eigenvalue weighted by atomic mass is 32.2. The van der Waals surface area contributed by atoms with Gasteiger partial charge in [0.05, 0.1) is 32.8 Å². The van der Waals surface area contributed by atoms with E-state index in [9.17, 15) is 9.18 Å². The van der Waals surface area contributed by atoms with Gasteiger partial charge in [-0.1, -0.05) is 11.8 Å². The van der Waals surface area contributed by atoms with Gasteiger partial charge in [0, 0.05) is 17.3 Å². The molecule has 0 saturated heterocycles. The summed E-state index contributed by atoms with van der Waals surface area (Å²) in [7, 11) is 4.53. The molecule has 0 atom stereocenters. The van der Waals surface area contributed by atoms with Crippen molar-refractivity contribution in [3.8, 4) is 40.0 Å². The predicted molar refractivity (Wildman–Crippen MR) is 126 cm³/mol. The maximum atomic E-state index is 13.1. The molecule has 4 aromatic rings. The van der Waals surface area contributed by atoms with Gasteiger partial charge in [-0.2, -0.15) is 0 Å². The third kappa shape index (κ3) is 5.66. The minimum absolute atomic E-state index is 0.0129. The van der Waals surface area contributed by atoms with Crippen molar-refractivity contribution in [3.63, 3.8) is 0 Å². The Morgan fingerprint density at radius 2 is 1.71 bits per heavy atom. The number of ether oxygens (including phenoxy) is 3. The number of nitrogens with zero attached hydrogens (tertiary/aromatic N) is 4. The van der Waals surface area contributed by atoms with E-state index in [2.05, 4.69) is 25.5 Å². The summed E-state index contributed by atoms with van der Waals surface area (Å²) in [6.07, 6.45) is 1.51. The van der Waals surface area contributed by atoms with E-state index in [4.69, 9.17) is 18.6 Å². The van der Waals surface area contributed by atoms with Crippen molar-refractivity contribution in [2.45, 2.75) is 5.22 Å². The second kappa shape index (κ2) is 10.8. The molecule has 10 nitrogen and oxygen atoms in total. The van der Waals surface area contributed by atoms with Crippen molar-refractivity contribution >= 4 is 23.6 Å². The number of carbonyl (C=O) groups is 1. The predicted octanol–water partition coefficient (Wildman–Crippen LogP) is 4.09. The number of hydrogen-bond acceptors (Lipinski definition) is 10. The van der Waals surface area contributed by atoms with E-state index < -0.39 is 0 Å². The highest BCUT2D eigenvalue weighted by Crippen LogP contribution is 2.41. The fourth-order valence-corrected chi connectivity index (χ4v) is 3.64. The molecule has 0 spiro atoms. The lowest BCUT2D eigenvalue weighted by molar-refractivity contribution is -0.113. The number of halogens is 1. The zero-order valence-electron chi connectivity index (χ0n) is 18.9. The molecule has 0 aliphatic heterocycles. The zero-order valence-corrected chi connectivity index (χ0v) is 19.8. The van der Waals surface area contributed by atoms with Gasteiger partial charge >= 0.3 is 0 Å². The molecule has 0 saturated carbocycles. The standard InChI is InChI=1S/C23H20FN5O5S/c1-31-17-10-14(11-18(32-2)20(17)33-3)21-28-29-23(34-21)35-12-19(30)27-22-25-9-8-16(26-22)13-4-6-15(24)7-5-13/h4-11H,12H2,1-3H3,(H,25,26,27,30). The van der Waals surface area contributed by atoms with E-state index in [0.717, 1.165) is 11.8 Å². The lowest BCUT2D eigenvalue weighted by Gasteiger charge is -2.12. The second-order valence-electron chi connectivity index (χ2n) is 6.90. The lowest BCUT2D eigenvalue weighted by atomic mass is 10.1. The van der Waals surface area contributed by atoms with E-state index in [1.807, 2.05) is 0 Å². The number of amides is 1. The van der Waals surface area contributed by atoms with Gasteiger partial charge in [0.2, 0.25) is 23.5 Å². The van der Waals surface area contributed by atoms with Crippen LogP contribution in [0, 0.1) is 5.82 Å². The number of benzene rings is 2. The van der Waals surface area contributed by atoms with Crippen molar-refractivity contribution in [2.24, 2.45) is 0 Å². The van der Waals surface area contributed by atoms with Gasteiger partial charge in [-0.25, -0.2) is 14.4 Å². The summed E-state index contributed by atoms with van der Waals surface area (Å²) in [4.78, 5) is 20.7. The molecule has 1 amide bonds. The molecule has 35 heavy (non-hydrogen) atoms. The second-order valence-corrected chi connectivity index (χ2v) is 7.82. The Kier molecular flexibility index (Phi) is 7.41. The van der Waals surface area contributed by atoms with Crippen LogP contribution in [-0.2, 0) is 4.79 Å². The largest absolute Gasteiger partial charge is 0.493 e. The van der Waals surface area contributed by atoms with Gasteiger partial charge in [0.1, 0.15) is 5.82 Å². The SMILES string of the molecule is COc1cc(-c2nnc(SCC(=O)Nc3nccc(-c4ccc(F)cc4)n3)o2)cc(OC)c1OC. The molecule has 0 unspecified atom stereocenters. The summed E-state index contributed by atoms with van der Waals surface area (Å²) in [5, 5.41) is 10.8. The van der Waals surface area contributed by atoms with Crippen LogP contribution in [0.2, 0.25) is 0 Å². The van der Waals surface area contributed by atoms with Crippen molar-refractivity contribution in [3.05, 3.63) is 54.5 Å². The van der Waals surface area contributed by atoms with E-state index in [-0.39, 0.29) is 34.5 Å². The van der Waals surface area contributed by atoms with Gasteiger partial charge in [0.15, 0.2) is 11.5 Å². The molecular formula is C23H20FN5O5S. The smallest absolute Gasteiger partial charge is 0.277 e. The average Bonchev–Trinajstić information content (AvgIpc) is 3.36. The summed E-state index contributed by atoms with van der Waals surface area (Å²) >= 11 is 1.06. The fraction of sp³-hybridized carbons (Fsp3) is 0.174. The van der Waals surface area contributed by atoms with Gasteiger partial charge in [0.25, 0.3) is 5.22 Å². The Balaban J connectivity index is 1.40. The van der Waals surface area contributed by atoms with Crippen LogP contribution in [-0.4, -0.2) is 53.2 Å². The number of methoxy groups -OCH3 is 3. The van der Waals surface area contributed by atoms with E-state index in [0.29, 0.717) is 34.1 Å². The topological polar surface area (TPSA) is 121 Å². The van der Waals surface area contributed by atoms with Crippen LogP contribution in [0.5, 0.6) is 17.2 Å². The molecule has 2 aromatic heterocycles. The first-order valence-electron chi connectivity index (χ1n) is 10.2. The number of carbonyl (C=O) groups excluding carboxylic acids is 1. The molecule has 1 N–H and O–H groups in total. The molecule has 0 bridgehead atoms. The Morgan fingerprint density at radius 1 is 1.00 bits per heavy atom. The van der Waals surface area contributed by atoms with Crippen LogP contribution in [0.15, 0.2) is 58.3 Å². The summed E-state index contributed by atoms with van der Waals surface area (Å²) in [5.41, 5.74) is 1.81. The Bertz CT molecular complexity index is 1310. The molecule has 12 heteroatoms. The minimum Gasteiger partial charge on any atom is -0.493 e. The average molecular weight is 498 g/mol. The quantitative estimate of drug-likeness (QED) is 0.338.